The van der Waals surface area contributed by atoms with Gasteiger partial charge in [0, 0.05) is 25.5 Å². The molecule has 1 saturated heterocycles. The topological polar surface area (TPSA) is 87.5 Å². The number of hydrogen-bond acceptors (Lipinski definition) is 3. The van der Waals surface area contributed by atoms with Crippen LogP contribution in [-0.4, -0.2) is 50.9 Å². The van der Waals surface area contributed by atoms with E-state index >= 15 is 0 Å². The van der Waals surface area contributed by atoms with E-state index in [9.17, 15) is 14.7 Å². The molecule has 0 saturated carbocycles. The van der Waals surface area contributed by atoms with Gasteiger partial charge in [0.15, 0.2) is 0 Å². The second kappa shape index (κ2) is 6.15. The minimum atomic E-state index is -0.943. The minimum absolute atomic E-state index is 0.317. The monoisotopic (exact) mass is 294 g/mol. The maximum Gasteiger partial charge on any atom is 0.327 e. The van der Waals surface area contributed by atoms with Gasteiger partial charge in [-0.15, -0.1) is 0 Å². The molecule has 1 fully saturated rings. The standard InChI is InChI=1S/C14H22N4O3/c1-14(2)5-3-9-18(11(14)12(19)20)13(21)15-7-10-17-8-4-6-16-17/h4,6,8,11H,3,5,7,9-10H2,1-2H3,(H,15,21)(H,19,20). The van der Waals surface area contributed by atoms with Crippen LogP contribution in [0.5, 0.6) is 0 Å². The summed E-state index contributed by atoms with van der Waals surface area (Å²) < 4.78 is 1.72. The molecule has 1 aliphatic rings. The number of carbonyl (C=O) groups is 2. The quantitative estimate of drug-likeness (QED) is 0.872. The number of carbonyl (C=O) groups excluding carboxylic acids is 1. The van der Waals surface area contributed by atoms with Crippen molar-refractivity contribution in [3.63, 3.8) is 0 Å². The Bertz CT molecular complexity index is 498. The van der Waals surface area contributed by atoms with Crippen molar-refractivity contribution in [2.45, 2.75) is 39.3 Å². The summed E-state index contributed by atoms with van der Waals surface area (Å²) in [6.07, 6.45) is 5.12. The van der Waals surface area contributed by atoms with Gasteiger partial charge in [0.05, 0.1) is 6.54 Å². The molecule has 0 radical (unpaired) electrons. The van der Waals surface area contributed by atoms with Crippen LogP contribution in [0.1, 0.15) is 26.7 Å². The lowest BCUT2D eigenvalue weighted by Gasteiger charge is -2.43. The van der Waals surface area contributed by atoms with E-state index < -0.39 is 17.4 Å². The fourth-order valence-electron chi connectivity index (χ4n) is 2.89. The van der Waals surface area contributed by atoms with Crippen LogP contribution in [0.15, 0.2) is 18.5 Å². The molecule has 1 unspecified atom stereocenters. The molecular weight excluding hydrogens is 272 g/mol. The second-order valence-corrected chi connectivity index (χ2v) is 6.03. The maximum absolute atomic E-state index is 12.3. The number of carboxylic acids is 1. The Morgan fingerprint density at radius 3 is 2.86 bits per heavy atom. The first-order chi connectivity index (χ1) is 9.92. The first-order valence-corrected chi connectivity index (χ1v) is 7.16. The van der Waals surface area contributed by atoms with Crippen molar-refractivity contribution in [3.05, 3.63) is 18.5 Å². The molecule has 7 nitrogen and oxygen atoms in total. The SMILES string of the molecule is CC1(C)CCCN(C(=O)NCCn2cccn2)C1C(=O)O. The van der Waals surface area contributed by atoms with E-state index in [2.05, 4.69) is 10.4 Å². The molecule has 2 heterocycles. The van der Waals surface area contributed by atoms with E-state index in [0.29, 0.717) is 19.6 Å². The predicted molar refractivity (Wildman–Crippen MR) is 76.8 cm³/mol. The van der Waals surface area contributed by atoms with Crippen LogP contribution in [0.4, 0.5) is 4.79 Å². The number of likely N-dealkylation sites (tertiary alicyclic amines) is 1. The van der Waals surface area contributed by atoms with Gasteiger partial charge in [0.25, 0.3) is 0 Å². The minimum Gasteiger partial charge on any atom is -0.480 e. The summed E-state index contributed by atoms with van der Waals surface area (Å²) in [5.41, 5.74) is -0.413. The summed E-state index contributed by atoms with van der Waals surface area (Å²) in [6.45, 7) is 5.26. The summed E-state index contributed by atoms with van der Waals surface area (Å²) in [4.78, 5) is 25.2. The molecule has 1 aliphatic heterocycles. The molecule has 2 amide bonds. The van der Waals surface area contributed by atoms with E-state index in [4.69, 9.17) is 0 Å². The van der Waals surface area contributed by atoms with Crippen LogP contribution in [0, 0.1) is 5.41 Å². The Morgan fingerprint density at radius 2 is 2.24 bits per heavy atom. The number of piperidine rings is 1. The first kappa shape index (κ1) is 15.3. The Labute approximate surface area is 123 Å². The third kappa shape index (κ3) is 3.53. The van der Waals surface area contributed by atoms with E-state index in [0.717, 1.165) is 12.8 Å². The average molecular weight is 294 g/mol. The van der Waals surface area contributed by atoms with Crippen LogP contribution in [-0.2, 0) is 11.3 Å². The van der Waals surface area contributed by atoms with Gasteiger partial charge in [-0.1, -0.05) is 13.8 Å². The van der Waals surface area contributed by atoms with Crippen molar-refractivity contribution in [2.75, 3.05) is 13.1 Å². The molecule has 7 heteroatoms. The van der Waals surface area contributed by atoms with Crippen molar-refractivity contribution in [1.29, 1.82) is 0 Å². The molecule has 0 aromatic carbocycles. The van der Waals surface area contributed by atoms with Gasteiger partial charge in [0.2, 0.25) is 0 Å². The molecule has 116 valence electrons. The van der Waals surface area contributed by atoms with Crippen LogP contribution in [0.2, 0.25) is 0 Å². The fraction of sp³-hybridized carbons (Fsp3) is 0.643. The third-order valence-electron chi connectivity index (χ3n) is 3.94. The highest BCUT2D eigenvalue weighted by molar-refractivity contribution is 5.83. The lowest BCUT2D eigenvalue weighted by atomic mass is 9.76. The number of urea groups is 1. The molecule has 1 aromatic heterocycles. The van der Waals surface area contributed by atoms with Crippen LogP contribution >= 0.6 is 0 Å². The van der Waals surface area contributed by atoms with Crippen molar-refractivity contribution < 1.29 is 14.7 Å². The molecule has 0 bridgehead atoms. The highest BCUT2D eigenvalue weighted by Crippen LogP contribution is 2.35. The maximum atomic E-state index is 12.3. The zero-order valence-electron chi connectivity index (χ0n) is 12.5. The number of aromatic nitrogens is 2. The van der Waals surface area contributed by atoms with Crippen LogP contribution < -0.4 is 5.32 Å². The number of aliphatic carboxylic acids is 1. The average Bonchev–Trinajstić information content (AvgIpc) is 2.89. The highest BCUT2D eigenvalue weighted by atomic mass is 16.4. The van der Waals surface area contributed by atoms with Gasteiger partial charge in [-0.25, -0.2) is 9.59 Å². The van der Waals surface area contributed by atoms with E-state index in [1.165, 1.54) is 4.90 Å². The lowest BCUT2D eigenvalue weighted by Crippen LogP contribution is -2.58. The van der Waals surface area contributed by atoms with E-state index in [-0.39, 0.29) is 6.03 Å². The summed E-state index contributed by atoms with van der Waals surface area (Å²) in [5.74, 6) is -0.943. The predicted octanol–water partition coefficient (Wildman–Crippen LogP) is 1.17. The summed E-state index contributed by atoms with van der Waals surface area (Å²) >= 11 is 0. The third-order valence-corrected chi connectivity index (χ3v) is 3.94. The number of hydrogen-bond donors (Lipinski definition) is 2. The molecule has 1 aromatic rings. The zero-order valence-corrected chi connectivity index (χ0v) is 12.5. The number of carboxylic acid groups (broad SMARTS) is 1. The number of rotatable bonds is 4. The zero-order chi connectivity index (χ0) is 15.5. The molecule has 0 aliphatic carbocycles. The Balaban J connectivity index is 1.94. The Morgan fingerprint density at radius 1 is 1.48 bits per heavy atom. The first-order valence-electron chi connectivity index (χ1n) is 7.16. The van der Waals surface area contributed by atoms with Crippen molar-refractivity contribution in [3.8, 4) is 0 Å². The molecule has 1 atom stereocenters. The molecular formula is C14H22N4O3. The normalized spacial score (nSPS) is 21.0. The second-order valence-electron chi connectivity index (χ2n) is 6.03. The number of amides is 2. The molecule has 21 heavy (non-hydrogen) atoms. The molecule has 0 spiro atoms. The van der Waals surface area contributed by atoms with Crippen LogP contribution in [0.3, 0.4) is 0 Å². The largest absolute Gasteiger partial charge is 0.480 e. The van der Waals surface area contributed by atoms with Crippen LogP contribution in [0.25, 0.3) is 0 Å². The molecule has 2 N–H and O–H groups in total. The summed E-state index contributed by atoms with van der Waals surface area (Å²) in [6, 6.07) is 0.716. The summed E-state index contributed by atoms with van der Waals surface area (Å²) in [7, 11) is 0. The van der Waals surface area contributed by atoms with Gasteiger partial charge in [-0.3, -0.25) is 4.68 Å². The number of nitrogens with zero attached hydrogens (tertiary/aromatic N) is 3. The van der Waals surface area contributed by atoms with Crippen molar-refractivity contribution in [2.24, 2.45) is 5.41 Å². The van der Waals surface area contributed by atoms with Crippen molar-refractivity contribution >= 4 is 12.0 Å². The Kier molecular flexibility index (Phi) is 4.50. The van der Waals surface area contributed by atoms with Gasteiger partial charge >= 0.3 is 12.0 Å². The van der Waals surface area contributed by atoms with Gasteiger partial charge in [-0.2, -0.15) is 5.10 Å². The molecule has 2 rings (SSSR count). The Hall–Kier alpha value is -2.05. The number of nitrogens with one attached hydrogen (secondary N) is 1. The highest BCUT2D eigenvalue weighted by Gasteiger charge is 2.44. The van der Waals surface area contributed by atoms with Gasteiger partial charge in [-0.05, 0) is 24.3 Å². The van der Waals surface area contributed by atoms with E-state index in [1.54, 1.807) is 10.9 Å². The van der Waals surface area contributed by atoms with Crippen molar-refractivity contribution in [1.82, 2.24) is 20.0 Å². The van der Waals surface area contributed by atoms with Gasteiger partial charge < -0.3 is 15.3 Å². The smallest absolute Gasteiger partial charge is 0.327 e. The van der Waals surface area contributed by atoms with E-state index in [1.807, 2.05) is 26.1 Å². The van der Waals surface area contributed by atoms with Gasteiger partial charge in [0.1, 0.15) is 6.04 Å². The summed E-state index contributed by atoms with van der Waals surface area (Å²) in [5, 5.41) is 16.3. The fourth-order valence-corrected chi connectivity index (χ4v) is 2.89. The lowest BCUT2D eigenvalue weighted by molar-refractivity contribution is -0.148.